The number of H-pyrrole nitrogens is 1. The van der Waals surface area contributed by atoms with Crippen LogP contribution in [0.2, 0.25) is 0 Å². The molecule has 2 aromatic rings. The molecule has 0 fully saturated rings. The largest absolute Gasteiger partial charge is 0.328 e. The van der Waals surface area contributed by atoms with Gasteiger partial charge in [0.25, 0.3) is 11.5 Å². The Morgan fingerprint density at radius 3 is 2.82 bits per heavy atom. The van der Waals surface area contributed by atoms with Gasteiger partial charge in [-0.3, -0.25) is 9.59 Å². The van der Waals surface area contributed by atoms with E-state index < -0.39 is 17.4 Å². The molecule has 0 atom stereocenters. The highest BCUT2D eigenvalue weighted by Gasteiger charge is 2.10. The molecule has 0 saturated carbocycles. The topological polar surface area (TPSA) is 74.8 Å². The van der Waals surface area contributed by atoms with Crippen LogP contribution < -0.4 is 10.9 Å². The quantitative estimate of drug-likeness (QED) is 0.764. The summed E-state index contributed by atoms with van der Waals surface area (Å²) in [6.07, 6.45) is 1.42. The van der Waals surface area contributed by atoms with Crippen molar-refractivity contribution < 1.29 is 9.18 Å². The fourth-order valence-corrected chi connectivity index (χ4v) is 1.26. The lowest BCUT2D eigenvalue weighted by molar-refractivity contribution is 0.102. The Balaban J connectivity index is 2.23. The SMILES string of the molecule is O=C(Nc1cccc(F)n1)c1ccc[nH]c1=O. The average molecular weight is 233 g/mol. The summed E-state index contributed by atoms with van der Waals surface area (Å²) in [5, 5.41) is 2.33. The molecular formula is C11H8FN3O2. The molecule has 2 rings (SSSR count). The fraction of sp³-hybridized carbons (Fsp3) is 0. The van der Waals surface area contributed by atoms with E-state index in [0.717, 1.165) is 6.07 Å². The molecule has 0 aliphatic heterocycles. The third-order valence-corrected chi connectivity index (χ3v) is 2.02. The number of halogens is 1. The molecular weight excluding hydrogens is 225 g/mol. The zero-order valence-corrected chi connectivity index (χ0v) is 8.61. The lowest BCUT2D eigenvalue weighted by Gasteiger charge is -2.02. The Hall–Kier alpha value is -2.50. The maximum absolute atomic E-state index is 12.8. The fourth-order valence-electron chi connectivity index (χ4n) is 1.26. The van der Waals surface area contributed by atoms with Gasteiger partial charge in [0.15, 0.2) is 0 Å². The number of aromatic amines is 1. The van der Waals surface area contributed by atoms with Gasteiger partial charge in [0.05, 0.1) is 0 Å². The standard InChI is InChI=1S/C11H8FN3O2/c12-8-4-1-5-9(14-8)15-11(17)7-3-2-6-13-10(7)16/h1-6H,(H,13,16)(H,14,15,17). The first-order chi connectivity index (χ1) is 8.16. The van der Waals surface area contributed by atoms with Crippen LogP contribution in [-0.2, 0) is 0 Å². The zero-order chi connectivity index (χ0) is 12.3. The summed E-state index contributed by atoms with van der Waals surface area (Å²) < 4.78 is 12.8. The van der Waals surface area contributed by atoms with Crippen LogP contribution in [0.1, 0.15) is 10.4 Å². The molecule has 2 N–H and O–H groups in total. The number of nitrogens with zero attached hydrogens (tertiary/aromatic N) is 1. The van der Waals surface area contributed by atoms with E-state index >= 15 is 0 Å². The normalized spacial score (nSPS) is 9.94. The van der Waals surface area contributed by atoms with Gasteiger partial charge in [-0.2, -0.15) is 4.39 Å². The molecule has 6 heteroatoms. The average Bonchev–Trinajstić information content (AvgIpc) is 2.29. The third-order valence-electron chi connectivity index (χ3n) is 2.02. The van der Waals surface area contributed by atoms with E-state index in [-0.39, 0.29) is 11.4 Å². The molecule has 0 bridgehead atoms. The van der Waals surface area contributed by atoms with Gasteiger partial charge in [0.2, 0.25) is 5.95 Å². The summed E-state index contributed by atoms with van der Waals surface area (Å²) in [4.78, 5) is 28.8. The first-order valence-corrected chi connectivity index (χ1v) is 4.78. The van der Waals surface area contributed by atoms with E-state index in [4.69, 9.17) is 0 Å². The van der Waals surface area contributed by atoms with Crippen molar-refractivity contribution in [3.63, 3.8) is 0 Å². The molecule has 0 aliphatic rings. The van der Waals surface area contributed by atoms with Gasteiger partial charge in [-0.15, -0.1) is 0 Å². The van der Waals surface area contributed by atoms with Crippen LogP contribution in [0.25, 0.3) is 0 Å². The Kier molecular flexibility index (Phi) is 2.95. The number of rotatable bonds is 2. The lowest BCUT2D eigenvalue weighted by Crippen LogP contribution is -2.22. The Morgan fingerprint density at radius 1 is 1.29 bits per heavy atom. The van der Waals surface area contributed by atoms with Gasteiger partial charge in [-0.1, -0.05) is 6.07 Å². The molecule has 86 valence electrons. The first kappa shape index (κ1) is 11.0. The van der Waals surface area contributed by atoms with E-state index in [2.05, 4.69) is 15.3 Å². The Bertz CT molecular complexity index is 609. The van der Waals surface area contributed by atoms with Crippen LogP contribution >= 0.6 is 0 Å². The summed E-state index contributed by atoms with van der Waals surface area (Å²) in [6.45, 7) is 0. The second-order valence-electron chi connectivity index (χ2n) is 3.21. The molecule has 0 aliphatic carbocycles. The van der Waals surface area contributed by atoms with Crippen LogP contribution in [0.3, 0.4) is 0 Å². The number of anilines is 1. The lowest BCUT2D eigenvalue weighted by atomic mass is 10.2. The van der Waals surface area contributed by atoms with E-state index in [1.807, 2.05) is 0 Å². The summed E-state index contributed by atoms with van der Waals surface area (Å²) in [7, 11) is 0. The molecule has 17 heavy (non-hydrogen) atoms. The molecule has 0 saturated heterocycles. The number of carbonyl (C=O) groups excluding carboxylic acids is 1. The summed E-state index contributed by atoms with van der Waals surface area (Å²) >= 11 is 0. The molecule has 0 unspecified atom stereocenters. The van der Waals surface area contributed by atoms with Crippen LogP contribution in [0.15, 0.2) is 41.3 Å². The maximum atomic E-state index is 12.8. The predicted octanol–water partition coefficient (Wildman–Crippen LogP) is 1.16. The predicted molar refractivity (Wildman–Crippen MR) is 59.2 cm³/mol. The van der Waals surface area contributed by atoms with Gasteiger partial charge in [-0.25, -0.2) is 4.98 Å². The second kappa shape index (κ2) is 4.56. The molecule has 2 aromatic heterocycles. The smallest absolute Gasteiger partial charge is 0.262 e. The molecule has 0 aromatic carbocycles. The number of aromatic nitrogens is 2. The highest BCUT2D eigenvalue weighted by atomic mass is 19.1. The van der Waals surface area contributed by atoms with E-state index in [0.29, 0.717) is 0 Å². The Labute approximate surface area is 95.3 Å². The second-order valence-corrected chi connectivity index (χ2v) is 3.21. The van der Waals surface area contributed by atoms with Crippen molar-refractivity contribution in [3.8, 4) is 0 Å². The van der Waals surface area contributed by atoms with Crippen molar-refractivity contribution in [1.82, 2.24) is 9.97 Å². The van der Waals surface area contributed by atoms with Crippen molar-refractivity contribution in [2.24, 2.45) is 0 Å². The van der Waals surface area contributed by atoms with Crippen LogP contribution in [0, 0.1) is 5.95 Å². The van der Waals surface area contributed by atoms with Crippen LogP contribution in [0.5, 0.6) is 0 Å². The van der Waals surface area contributed by atoms with Gasteiger partial charge < -0.3 is 10.3 Å². The number of carbonyl (C=O) groups is 1. The monoisotopic (exact) mass is 233 g/mol. The maximum Gasteiger partial charge on any atom is 0.262 e. The number of amides is 1. The summed E-state index contributed by atoms with van der Waals surface area (Å²) in [6, 6.07) is 6.89. The Morgan fingerprint density at radius 2 is 2.12 bits per heavy atom. The molecule has 0 spiro atoms. The van der Waals surface area contributed by atoms with Gasteiger partial charge in [0.1, 0.15) is 11.4 Å². The minimum absolute atomic E-state index is 0.0539. The first-order valence-electron chi connectivity index (χ1n) is 4.78. The molecule has 0 radical (unpaired) electrons. The van der Waals surface area contributed by atoms with Crippen molar-refractivity contribution in [2.75, 3.05) is 5.32 Å². The molecule has 5 nitrogen and oxygen atoms in total. The number of hydrogen-bond acceptors (Lipinski definition) is 3. The highest BCUT2D eigenvalue weighted by Crippen LogP contribution is 2.04. The molecule has 1 amide bonds. The number of hydrogen-bond donors (Lipinski definition) is 2. The van der Waals surface area contributed by atoms with E-state index in [9.17, 15) is 14.0 Å². The number of nitrogens with one attached hydrogen (secondary N) is 2. The summed E-state index contributed by atoms with van der Waals surface area (Å²) in [5.41, 5.74) is -0.569. The molecule has 2 heterocycles. The minimum Gasteiger partial charge on any atom is -0.328 e. The summed E-state index contributed by atoms with van der Waals surface area (Å²) in [5.74, 6) is -1.28. The number of pyridine rings is 2. The van der Waals surface area contributed by atoms with Crippen molar-refractivity contribution >= 4 is 11.7 Å². The van der Waals surface area contributed by atoms with Crippen LogP contribution in [-0.4, -0.2) is 15.9 Å². The van der Waals surface area contributed by atoms with Crippen LogP contribution in [0.4, 0.5) is 10.2 Å². The van der Waals surface area contributed by atoms with Gasteiger partial charge >= 0.3 is 0 Å². The van der Waals surface area contributed by atoms with Gasteiger partial charge in [0, 0.05) is 6.20 Å². The van der Waals surface area contributed by atoms with E-state index in [1.165, 1.54) is 30.5 Å². The highest BCUT2D eigenvalue weighted by molar-refractivity contribution is 6.03. The van der Waals surface area contributed by atoms with Crippen molar-refractivity contribution in [3.05, 3.63) is 58.4 Å². The third kappa shape index (κ3) is 2.54. The van der Waals surface area contributed by atoms with E-state index in [1.54, 1.807) is 0 Å². The van der Waals surface area contributed by atoms with Crippen molar-refractivity contribution in [2.45, 2.75) is 0 Å². The van der Waals surface area contributed by atoms with Gasteiger partial charge in [-0.05, 0) is 24.3 Å². The van der Waals surface area contributed by atoms with Crippen molar-refractivity contribution in [1.29, 1.82) is 0 Å². The minimum atomic E-state index is -0.704. The zero-order valence-electron chi connectivity index (χ0n) is 8.61.